The molecule has 1 aliphatic rings. The van der Waals surface area contributed by atoms with E-state index in [-0.39, 0.29) is 18.0 Å². The van der Waals surface area contributed by atoms with Crippen LogP contribution in [0.3, 0.4) is 0 Å². The van der Waals surface area contributed by atoms with E-state index >= 15 is 0 Å². The average molecular weight is 311 g/mol. The smallest absolute Gasteiger partial charge is 0.296 e. The molecule has 6 heteroatoms. The number of ketones is 1. The van der Waals surface area contributed by atoms with Crippen LogP contribution in [-0.2, 0) is 6.54 Å². The van der Waals surface area contributed by atoms with Crippen LogP contribution in [0, 0.1) is 0 Å². The van der Waals surface area contributed by atoms with Gasteiger partial charge in [-0.2, -0.15) is 0 Å². The number of hydrogen-bond acceptors (Lipinski definition) is 2. The number of halogens is 2. The molecule has 1 saturated carbocycles. The van der Waals surface area contributed by atoms with Crippen molar-refractivity contribution in [1.29, 1.82) is 0 Å². The van der Waals surface area contributed by atoms with Gasteiger partial charge in [0.2, 0.25) is 0 Å². The molecule has 2 aromatic rings. The molecule has 1 aliphatic carbocycles. The number of carbonyl (C=O) groups excluding carboxylic acids is 1. The monoisotopic (exact) mass is 310 g/mol. The third-order valence-electron chi connectivity index (χ3n) is 3.36. The fourth-order valence-electron chi connectivity index (χ4n) is 2.13. The van der Waals surface area contributed by atoms with Gasteiger partial charge in [-0.25, -0.2) is 4.79 Å². The van der Waals surface area contributed by atoms with Crippen LogP contribution >= 0.6 is 23.2 Å². The van der Waals surface area contributed by atoms with Gasteiger partial charge in [-0.05, 0) is 31.0 Å². The zero-order chi connectivity index (χ0) is 14.3. The van der Waals surface area contributed by atoms with Crippen LogP contribution in [-0.4, -0.2) is 14.9 Å². The molecule has 104 valence electrons. The predicted molar refractivity (Wildman–Crippen MR) is 77.8 cm³/mol. The van der Waals surface area contributed by atoms with Gasteiger partial charge in [0.05, 0.1) is 11.6 Å². The third-order valence-corrected chi connectivity index (χ3v) is 3.92. The lowest BCUT2D eigenvalue weighted by Crippen LogP contribution is -2.26. The molecule has 0 N–H and O–H groups in total. The summed E-state index contributed by atoms with van der Waals surface area (Å²) >= 11 is 11.9. The molecule has 1 aromatic heterocycles. The van der Waals surface area contributed by atoms with Gasteiger partial charge in [0, 0.05) is 29.0 Å². The van der Waals surface area contributed by atoms with Gasteiger partial charge in [-0.1, -0.05) is 23.2 Å². The van der Waals surface area contributed by atoms with Gasteiger partial charge in [0.15, 0.2) is 5.78 Å². The Bertz CT molecular complexity index is 729. The highest BCUT2D eigenvalue weighted by molar-refractivity contribution is 6.35. The summed E-state index contributed by atoms with van der Waals surface area (Å²) in [5.41, 5.74) is 0.184. The third kappa shape index (κ3) is 2.53. The number of rotatable bonds is 4. The van der Waals surface area contributed by atoms with Gasteiger partial charge in [0.25, 0.3) is 0 Å². The molecule has 0 unspecified atom stereocenters. The zero-order valence-electron chi connectivity index (χ0n) is 10.6. The second kappa shape index (κ2) is 5.11. The SMILES string of the molecule is O=C(Cn1ccn(C2CC2)c1=O)c1cc(Cl)ccc1Cl. The lowest BCUT2D eigenvalue weighted by molar-refractivity contribution is 0.0971. The van der Waals surface area contributed by atoms with E-state index in [1.165, 1.54) is 10.6 Å². The molecule has 1 fully saturated rings. The summed E-state index contributed by atoms with van der Waals surface area (Å²) in [6.45, 7) is -0.0292. The van der Waals surface area contributed by atoms with E-state index in [2.05, 4.69) is 0 Å². The van der Waals surface area contributed by atoms with Gasteiger partial charge in [0.1, 0.15) is 0 Å². The van der Waals surface area contributed by atoms with Crippen LogP contribution in [0.4, 0.5) is 0 Å². The molecule has 1 heterocycles. The molecule has 20 heavy (non-hydrogen) atoms. The molecule has 1 aromatic carbocycles. The van der Waals surface area contributed by atoms with Crippen LogP contribution in [0.5, 0.6) is 0 Å². The minimum Gasteiger partial charge on any atom is -0.296 e. The first-order valence-electron chi connectivity index (χ1n) is 6.32. The van der Waals surface area contributed by atoms with Crippen LogP contribution in [0.2, 0.25) is 10.0 Å². The summed E-state index contributed by atoms with van der Waals surface area (Å²) in [6, 6.07) is 5.02. The standard InChI is InChI=1S/C14H12Cl2N2O2/c15-9-1-4-12(16)11(7-9)13(19)8-17-5-6-18(14(17)20)10-2-3-10/h1,4-7,10H,2-3,8H2. The number of Topliss-reactive ketones (excluding diaryl/α,β-unsaturated/α-hetero) is 1. The quantitative estimate of drug-likeness (QED) is 0.814. The first-order valence-corrected chi connectivity index (χ1v) is 7.07. The highest BCUT2D eigenvalue weighted by Gasteiger charge is 2.26. The minimum absolute atomic E-state index is 0.0292. The number of hydrogen-bond donors (Lipinski definition) is 0. The van der Waals surface area contributed by atoms with Crippen molar-refractivity contribution in [2.45, 2.75) is 25.4 Å². The van der Waals surface area contributed by atoms with E-state index < -0.39 is 0 Å². The van der Waals surface area contributed by atoms with Gasteiger partial charge >= 0.3 is 5.69 Å². The first-order chi connectivity index (χ1) is 9.56. The van der Waals surface area contributed by atoms with E-state index in [1.54, 1.807) is 29.1 Å². The second-order valence-corrected chi connectivity index (χ2v) is 5.74. The summed E-state index contributed by atoms with van der Waals surface area (Å²) in [5, 5.41) is 0.787. The van der Waals surface area contributed by atoms with Crippen molar-refractivity contribution >= 4 is 29.0 Å². The summed E-state index contributed by atoms with van der Waals surface area (Å²) in [7, 11) is 0. The molecule has 0 spiro atoms. The maximum absolute atomic E-state index is 12.2. The van der Waals surface area contributed by atoms with Crippen molar-refractivity contribution in [3.8, 4) is 0 Å². The predicted octanol–water partition coefficient (Wildman–Crippen LogP) is 3.17. The Morgan fingerprint density at radius 1 is 1.25 bits per heavy atom. The molecular formula is C14H12Cl2N2O2. The fraction of sp³-hybridized carbons (Fsp3) is 0.286. The normalized spacial score (nSPS) is 14.5. The maximum atomic E-state index is 12.2. The summed E-state index contributed by atoms with van der Waals surface area (Å²) in [5.74, 6) is -0.229. The molecule has 0 atom stereocenters. The number of nitrogens with zero attached hydrogens (tertiary/aromatic N) is 2. The van der Waals surface area contributed by atoms with Gasteiger partial charge in [-0.15, -0.1) is 0 Å². The topological polar surface area (TPSA) is 44.0 Å². The summed E-state index contributed by atoms with van der Waals surface area (Å²) < 4.78 is 3.07. The number of carbonyl (C=O) groups is 1. The highest BCUT2D eigenvalue weighted by Crippen LogP contribution is 2.33. The molecule has 0 bridgehead atoms. The zero-order valence-corrected chi connectivity index (χ0v) is 12.1. The first kappa shape index (κ1) is 13.5. The Labute approximate surface area is 125 Å². The fourth-order valence-corrected chi connectivity index (χ4v) is 2.53. The Morgan fingerprint density at radius 3 is 2.70 bits per heavy atom. The highest BCUT2D eigenvalue weighted by atomic mass is 35.5. The van der Waals surface area contributed by atoms with E-state index in [0.717, 1.165) is 12.8 Å². The van der Waals surface area contributed by atoms with Gasteiger partial charge < -0.3 is 0 Å². The molecule has 0 radical (unpaired) electrons. The average Bonchev–Trinajstić information content (AvgIpc) is 3.19. The number of imidazole rings is 1. The maximum Gasteiger partial charge on any atom is 0.328 e. The minimum atomic E-state index is -0.229. The van der Waals surface area contributed by atoms with E-state index in [4.69, 9.17) is 23.2 Å². The van der Waals surface area contributed by atoms with E-state index in [9.17, 15) is 9.59 Å². The molecule has 3 rings (SSSR count). The Hall–Kier alpha value is -1.52. The van der Waals surface area contributed by atoms with Crippen molar-refractivity contribution < 1.29 is 4.79 Å². The number of benzene rings is 1. The second-order valence-electron chi connectivity index (χ2n) is 4.89. The molecule has 0 saturated heterocycles. The summed E-state index contributed by atoms with van der Waals surface area (Å²) in [6.07, 6.45) is 5.42. The molecule has 0 amide bonds. The van der Waals surface area contributed by atoms with Crippen molar-refractivity contribution in [3.63, 3.8) is 0 Å². The molecule has 4 nitrogen and oxygen atoms in total. The summed E-state index contributed by atoms with van der Waals surface area (Å²) in [4.78, 5) is 24.3. The number of aromatic nitrogens is 2. The van der Waals surface area contributed by atoms with Crippen molar-refractivity contribution in [2.75, 3.05) is 0 Å². The van der Waals surface area contributed by atoms with E-state index in [1.807, 2.05) is 0 Å². The van der Waals surface area contributed by atoms with Crippen LogP contribution in [0.25, 0.3) is 0 Å². The Kier molecular flexibility index (Phi) is 3.44. The van der Waals surface area contributed by atoms with Gasteiger partial charge in [-0.3, -0.25) is 13.9 Å². The Morgan fingerprint density at radius 2 is 2.00 bits per heavy atom. The van der Waals surface area contributed by atoms with Crippen LogP contribution in [0.1, 0.15) is 29.2 Å². The van der Waals surface area contributed by atoms with Crippen molar-refractivity contribution in [3.05, 3.63) is 56.7 Å². The van der Waals surface area contributed by atoms with E-state index in [0.29, 0.717) is 21.7 Å². The molecular weight excluding hydrogens is 299 g/mol. The lowest BCUT2D eigenvalue weighted by atomic mass is 10.1. The largest absolute Gasteiger partial charge is 0.328 e. The Balaban J connectivity index is 1.85. The van der Waals surface area contributed by atoms with Crippen molar-refractivity contribution in [2.24, 2.45) is 0 Å². The molecule has 0 aliphatic heterocycles. The van der Waals surface area contributed by atoms with Crippen LogP contribution in [0.15, 0.2) is 35.4 Å². The van der Waals surface area contributed by atoms with Crippen LogP contribution < -0.4 is 5.69 Å². The lowest BCUT2D eigenvalue weighted by Gasteiger charge is -2.04. The van der Waals surface area contributed by atoms with Crippen molar-refractivity contribution in [1.82, 2.24) is 9.13 Å².